The van der Waals surface area contributed by atoms with Gasteiger partial charge in [0.2, 0.25) is 5.91 Å². The van der Waals surface area contributed by atoms with Crippen molar-refractivity contribution in [2.45, 2.75) is 18.9 Å². The van der Waals surface area contributed by atoms with E-state index >= 15 is 0 Å². The van der Waals surface area contributed by atoms with Gasteiger partial charge in [-0.25, -0.2) is 0 Å². The van der Waals surface area contributed by atoms with Crippen molar-refractivity contribution >= 4 is 33.2 Å². The Bertz CT molecular complexity index is 513. The third-order valence-electron chi connectivity index (χ3n) is 4.18. The molecule has 1 saturated heterocycles. The van der Waals surface area contributed by atoms with Crippen LogP contribution in [0.4, 0.5) is 11.4 Å². The summed E-state index contributed by atoms with van der Waals surface area (Å²) in [5.74, 6) is 0.0485. The van der Waals surface area contributed by atoms with E-state index in [1.807, 2.05) is 25.2 Å². The molecule has 0 atom stereocenters. The van der Waals surface area contributed by atoms with Gasteiger partial charge in [-0.15, -0.1) is 0 Å². The first-order valence-corrected chi connectivity index (χ1v) is 8.45. The van der Waals surface area contributed by atoms with Gasteiger partial charge in [-0.1, -0.05) is 0 Å². The predicted molar refractivity (Wildman–Crippen MR) is 95.5 cm³/mol. The van der Waals surface area contributed by atoms with E-state index in [0.717, 1.165) is 41.8 Å². The van der Waals surface area contributed by atoms with Crippen LogP contribution in [0.2, 0.25) is 0 Å². The van der Waals surface area contributed by atoms with E-state index in [2.05, 4.69) is 50.5 Å². The van der Waals surface area contributed by atoms with Gasteiger partial charge in [0.05, 0.1) is 6.54 Å². The van der Waals surface area contributed by atoms with E-state index in [1.54, 1.807) is 0 Å². The molecule has 1 amide bonds. The van der Waals surface area contributed by atoms with Crippen molar-refractivity contribution in [2.75, 3.05) is 51.4 Å². The zero-order chi connectivity index (χ0) is 16.1. The molecule has 6 heteroatoms. The molecule has 1 aromatic rings. The Hall–Kier alpha value is -1.11. The number of nitrogens with zero attached hydrogens (tertiary/aromatic N) is 2. The highest BCUT2D eigenvalue weighted by Crippen LogP contribution is 2.25. The normalized spacial score (nSPS) is 16.8. The van der Waals surface area contributed by atoms with E-state index in [9.17, 15) is 4.79 Å². The van der Waals surface area contributed by atoms with Crippen molar-refractivity contribution in [1.29, 1.82) is 0 Å². The minimum atomic E-state index is 0.0485. The first-order chi connectivity index (χ1) is 10.5. The molecule has 0 aliphatic carbocycles. The average Bonchev–Trinajstić information content (AvgIpc) is 2.48. The smallest absolute Gasteiger partial charge is 0.238 e. The van der Waals surface area contributed by atoms with Crippen LogP contribution in [0.25, 0.3) is 0 Å². The maximum Gasteiger partial charge on any atom is 0.238 e. The van der Waals surface area contributed by atoms with Crippen molar-refractivity contribution in [2.24, 2.45) is 0 Å². The molecule has 122 valence electrons. The number of carbonyl (C=O) groups is 1. The lowest BCUT2D eigenvalue weighted by atomic mass is 10.0. The molecule has 2 rings (SSSR count). The fourth-order valence-electron chi connectivity index (χ4n) is 2.79. The lowest BCUT2D eigenvalue weighted by molar-refractivity contribution is -0.117. The molecule has 1 heterocycles. The van der Waals surface area contributed by atoms with Gasteiger partial charge in [0.15, 0.2) is 0 Å². The average molecular weight is 369 g/mol. The minimum Gasteiger partial charge on any atom is -0.387 e. The standard InChI is InChI=1S/C16H25BrN4O/c1-18-15-5-4-12(10-14(15)17)19-16(22)11-21-8-6-13(7-9-21)20(2)3/h4-5,10,13,18H,6-9,11H2,1-3H3,(H,19,22). The van der Waals surface area contributed by atoms with Gasteiger partial charge in [-0.2, -0.15) is 0 Å². The second kappa shape index (κ2) is 7.94. The Balaban J connectivity index is 1.82. The van der Waals surface area contributed by atoms with Crippen molar-refractivity contribution < 1.29 is 4.79 Å². The van der Waals surface area contributed by atoms with Crippen LogP contribution < -0.4 is 10.6 Å². The number of carbonyl (C=O) groups excluding carboxylic acids is 1. The Kier molecular flexibility index (Phi) is 6.23. The quantitative estimate of drug-likeness (QED) is 0.837. The third-order valence-corrected chi connectivity index (χ3v) is 4.83. The largest absolute Gasteiger partial charge is 0.387 e. The van der Waals surface area contributed by atoms with Crippen molar-refractivity contribution in [3.8, 4) is 0 Å². The number of halogens is 1. The predicted octanol–water partition coefficient (Wildman–Crippen LogP) is 2.46. The van der Waals surface area contributed by atoms with Gasteiger partial charge in [0.1, 0.15) is 0 Å². The van der Waals surface area contributed by atoms with Crippen molar-refractivity contribution in [1.82, 2.24) is 9.80 Å². The number of amides is 1. The highest BCUT2D eigenvalue weighted by Gasteiger charge is 2.21. The lowest BCUT2D eigenvalue weighted by Gasteiger charge is -2.34. The third kappa shape index (κ3) is 4.69. The first kappa shape index (κ1) is 17.2. The van der Waals surface area contributed by atoms with Gasteiger partial charge in [-0.3, -0.25) is 9.69 Å². The van der Waals surface area contributed by atoms with Crippen LogP contribution in [0.1, 0.15) is 12.8 Å². The van der Waals surface area contributed by atoms with Gasteiger partial charge in [0, 0.05) is 42.0 Å². The summed E-state index contributed by atoms with van der Waals surface area (Å²) in [7, 11) is 6.12. The van der Waals surface area contributed by atoms with E-state index < -0.39 is 0 Å². The molecule has 0 saturated carbocycles. The summed E-state index contributed by atoms with van der Waals surface area (Å²) in [6.07, 6.45) is 2.26. The van der Waals surface area contributed by atoms with Crippen LogP contribution in [-0.4, -0.2) is 62.5 Å². The number of likely N-dealkylation sites (tertiary alicyclic amines) is 1. The summed E-state index contributed by atoms with van der Waals surface area (Å²) in [5, 5.41) is 6.05. The number of piperidine rings is 1. The molecule has 0 radical (unpaired) electrons. The molecule has 0 spiro atoms. The number of hydrogen-bond acceptors (Lipinski definition) is 4. The highest BCUT2D eigenvalue weighted by molar-refractivity contribution is 9.10. The first-order valence-electron chi connectivity index (χ1n) is 7.65. The number of benzene rings is 1. The molecular formula is C16H25BrN4O. The Morgan fingerprint density at radius 1 is 1.36 bits per heavy atom. The number of nitrogens with one attached hydrogen (secondary N) is 2. The summed E-state index contributed by atoms with van der Waals surface area (Å²) in [6, 6.07) is 6.42. The minimum absolute atomic E-state index is 0.0485. The van der Waals surface area contributed by atoms with Gasteiger partial charge in [0.25, 0.3) is 0 Å². The molecule has 1 fully saturated rings. The molecule has 2 N–H and O–H groups in total. The molecular weight excluding hydrogens is 344 g/mol. The van der Waals surface area contributed by atoms with Crippen LogP contribution in [0.5, 0.6) is 0 Å². The summed E-state index contributed by atoms with van der Waals surface area (Å²) >= 11 is 3.49. The van der Waals surface area contributed by atoms with Gasteiger partial charge < -0.3 is 15.5 Å². The highest BCUT2D eigenvalue weighted by atomic mass is 79.9. The van der Waals surface area contributed by atoms with Crippen LogP contribution in [-0.2, 0) is 4.79 Å². The number of hydrogen-bond donors (Lipinski definition) is 2. The molecule has 1 aromatic carbocycles. The van der Waals surface area contributed by atoms with E-state index in [4.69, 9.17) is 0 Å². The topological polar surface area (TPSA) is 47.6 Å². The van der Waals surface area contributed by atoms with Crippen LogP contribution in [0.15, 0.2) is 22.7 Å². The maximum atomic E-state index is 12.2. The number of rotatable bonds is 5. The fraction of sp³-hybridized carbons (Fsp3) is 0.562. The zero-order valence-electron chi connectivity index (χ0n) is 13.5. The van der Waals surface area contributed by atoms with Gasteiger partial charge in [-0.05, 0) is 61.1 Å². The van der Waals surface area contributed by atoms with Gasteiger partial charge >= 0.3 is 0 Å². The van der Waals surface area contributed by atoms with Crippen LogP contribution >= 0.6 is 15.9 Å². The SMILES string of the molecule is CNc1ccc(NC(=O)CN2CCC(N(C)C)CC2)cc1Br. The molecule has 0 unspecified atom stereocenters. The molecule has 1 aliphatic heterocycles. The Labute approximate surface area is 141 Å². The lowest BCUT2D eigenvalue weighted by Crippen LogP contribution is -2.44. The van der Waals surface area contributed by atoms with E-state index in [-0.39, 0.29) is 5.91 Å². The van der Waals surface area contributed by atoms with Crippen molar-refractivity contribution in [3.05, 3.63) is 22.7 Å². The summed E-state index contributed by atoms with van der Waals surface area (Å²) in [6.45, 7) is 2.43. The van der Waals surface area contributed by atoms with E-state index in [0.29, 0.717) is 12.6 Å². The summed E-state index contributed by atoms with van der Waals surface area (Å²) in [5.41, 5.74) is 1.82. The fourth-order valence-corrected chi connectivity index (χ4v) is 3.37. The number of anilines is 2. The summed E-state index contributed by atoms with van der Waals surface area (Å²) < 4.78 is 0.944. The monoisotopic (exact) mass is 368 g/mol. The molecule has 0 bridgehead atoms. The second-order valence-electron chi connectivity index (χ2n) is 5.96. The van der Waals surface area contributed by atoms with E-state index in [1.165, 1.54) is 0 Å². The second-order valence-corrected chi connectivity index (χ2v) is 6.82. The van der Waals surface area contributed by atoms with Crippen LogP contribution in [0.3, 0.4) is 0 Å². The van der Waals surface area contributed by atoms with Crippen molar-refractivity contribution in [3.63, 3.8) is 0 Å². The molecule has 0 aromatic heterocycles. The molecule has 5 nitrogen and oxygen atoms in total. The van der Waals surface area contributed by atoms with Crippen LogP contribution in [0, 0.1) is 0 Å². The Morgan fingerprint density at radius 2 is 2.05 bits per heavy atom. The Morgan fingerprint density at radius 3 is 2.59 bits per heavy atom. The summed E-state index contributed by atoms with van der Waals surface area (Å²) in [4.78, 5) is 16.7. The zero-order valence-corrected chi connectivity index (χ0v) is 15.1. The molecule has 1 aliphatic rings. The molecule has 22 heavy (non-hydrogen) atoms. The maximum absolute atomic E-state index is 12.2.